The van der Waals surface area contributed by atoms with Gasteiger partial charge in [0, 0.05) is 19.8 Å². The molecule has 7 heteroatoms. The van der Waals surface area contributed by atoms with Gasteiger partial charge in [-0.25, -0.2) is 0 Å². The van der Waals surface area contributed by atoms with Gasteiger partial charge in [0.15, 0.2) is 16.9 Å². The zero-order chi connectivity index (χ0) is 22.7. The third-order valence-corrected chi connectivity index (χ3v) is 5.57. The highest BCUT2D eigenvalue weighted by molar-refractivity contribution is 5.99. The smallest absolute Gasteiger partial charge is 0.290 e. The molecular weight excluding hydrogens is 410 g/mol. The summed E-state index contributed by atoms with van der Waals surface area (Å²) in [5.74, 6) is 0.960. The first-order chi connectivity index (χ1) is 15.6. The lowest BCUT2D eigenvalue weighted by atomic mass is 9.98. The third kappa shape index (κ3) is 3.84. The van der Waals surface area contributed by atoms with E-state index in [0.29, 0.717) is 60.8 Å². The molecule has 0 N–H and O–H groups in total. The third-order valence-electron chi connectivity index (χ3n) is 5.57. The molecule has 7 nitrogen and oxygen atoms in total. The van der Waals surface area contributed by atoms with Crippen LogP contribution in [0.3, 0.4) is 0 Å². The van der Waals surface area contributed by atoms with Gasteiger partial charge in [-0.15, -0.1) is 0 Å². The molecule has 0 spiro atoms. The highest BCUT2D eigenvalue weighted by Crippen LogP contribution is 2.41. The molecule has 1 amide bonds. The van der Waals surface area contributed by atoms with Crippen LogP contribution < -0.4 is 14.9 Å². The van der Waals surface area contributed by atoms with E-state index in [1.807, 2.05) is 26.0 Å². The van der Waals surface area contributed by atoms with Crippen molar-refractivity contribution in [2.24, 2.45) is 0 Å². The molecule has 2 aromatic carbocycles. The fourth-order valence-electron chi connectivity index (χ4n) is 4.15. The maximum atomic E-state index is 13.5. The maximum absolute atomic E-state index is 13.5. The molecule has 4 rings (SSSR count). The summed E-state index contributed by atoms with van der Waals surface area (Å²) >= 11 is 0. The number of hydrogen-bond donors (Lipinski definition) is 0. The van der Waals surface area contributed by atoms with E-state index >= 15 is 0 Å². The molecule has 0 saturated carbocycles. The van der Waals surface area contributed by atoms with Crippen LogP contribution in [0.1, 0.15) is 48.0 Å². The summed E-state index contributed by atoms with van der Waals surface area (Å²) in [5.41, 5.74) is 1.33. The van der Waals surface area contributed by atoms with Gasteiger partial charge in [0.05, 0.1) is 30.7 Å². The molecule has 2 heterocycles. The topological polar surface area (TPSA) is 78.2 Å². The van der Waals surface area contributed by atoms with Crippen molar-refractivity contribution < 1.29 is 23.4 Å². The first kappa shape index (κ1) is 21.9. The molecule has 1 aromatic heterocycles. The molecule has 1 aliphatic rings. The van der Waals surface area contributed by atoms with E-state index < -0.39 is 6.04 Å². The minimum Gasteiger partial charge on any atom is -0.493 e. The number of para-hydroxylation sites is 1. The summed E-state index contributed by atoms with van der Waals surface area (Å²) in [6.45, 7) is 5.90. The van der Waals surface area contributed by atoms with Crippen LogP contribution in [0.25, 0.3) is 11.0 Å². The number of nitrogens with zero attached hydrogens (tertiary/aromatic N) is 1. The van der Waals surface area contributed by atoms with E-state index in [9.17, 15) is 9.59 Å². The largest absolute Gasteiger partial charge is 0.493 e. The second kappa shape index (κ2) is 9.44. The van der Waals surface area contributed by atoms with Crippen molar-refractivity contribution in [2.75, 3.05) is 33.5 Å². The Balaban J connectivity index is 1.85. The van der Waals surface area contributed by atoms with Crippen LogP contribution in [0, 0.1) is 0 Å². The molecule has 1 aliphatic heterocycles. The number of hydrogen-bond acceptors (Lipinski definition) is 6. The Morgan fingerprint density at radius 2 is 1.84 bits per heavy atom. The summed E-state index contributed by atoms with van der Waals surface area (Å²) in [5, 5.41) is 0.457. The van der Waals surface area contributed by atoms with E-state index in [0.717, 1.165) is 5.56 Å². The van der Waals surface area contributed by atoms with E-state index in [4.69, 9.17) is 18.6 Å². The van der Waals surface area contributed by atoms with Gasteiger partial charge in [-0.1, -0.05) is 18.2 Å². The summed E-state index contributed by atoms with van der Waals surface area (Å²) in [6, 6.07) is 11.9. The van der Waals surface area contributed by atoms with E-state index in [2.05, 4.69) is 0 Å². The Bertz CT molecular complexity index is 1180. The average molecular weight is 437 g/mol. The van der Waals surface area contributed by atoms with Crippen LogP contribution >= 0.6 is 0 Å². The van der Waals surface area contributed by atoms with Gasteiger partial charge in [0.1, 0.15) is 5.58 Å². The van der Waals surface area contributed by atoms with Crippen LogP contribution in [0.4, 0.5) is 0 Å². The predicted octanol–water partition coefficient (Wildman–Crippen LogP) is 4.17. The Hall–Kier alpha value is -3.32. The number of fused-ring (bicyclic) bond motifs is 2. The maximum Gasteiger partial charge on any atom is 0.290 e. The molecule has 32 heavy (non-hydrogen) atoms. The summed E-state index contributed by atoms with van der Waals surface area (Å²) in [6.07, 6.45) is 0.645. The fraction of sp³-hybridized carbons (Fsp3) is 0.360. The van der Waals surface area contributed by atoms with Gasteiger partial charge in [-0.05, 0) is 50.1 Å². The molecule has 0 saturated heterocycles. The van der Waals surface area contributed by atoms with Crippen molar-refractivity contribution in [3.05, 3.63) is 69.6 Å². The van der Waals surface area contributed by atoms with Crippen LogP contribution in [0.15, 0.2) is 51.7 Å². The first-order valence-electron chi connectivity index (χ1n) is 10.9. The van der Waals surface area contributed by atoms with E-state index in [1.165, 1.54) is 0 Å². The lowest BCUT2D eigenvalue weighted by Gasteiger charge is -2.25. The Kier molecular flexibility index (Phi) is 6.46. The lowest BCUT2D eigenvalue weighted by molar-refractivity contribution is 0.0695. The molecule has 1 atom stereocenters. The van der Waals surface area contributed by atoms with Gasteiger partial charge in [0.25, 0.3) is 5.91 Å². The summed E-state index contributed by atoms with van der Waals surface area (Å²) in [4.78, 5) is 28.5. The van der Waals surface area contributed by atoms with Crippen LogP contribution in [0.2, 0.25) is 0 Å². The van der Waals surface area contributed by atoms with Crippen LogP contribution in [0.5, 0.6) is 11.5 Å². The van der Waals surface area contributed by atoms with Gasteiger partial charge in [0.2, 0.25) is 5.76 Å². The number of benzene rings is 2. The first-order valence-corrected chi connectivity index (χ1v) is 10.9. The SMILES string of the molecule is CCOCCCN1C(=O)c2oc3ccccc3c(=O)c2[C@H]1c1ccc(OCC)c(OC)c1. The van der Waals surface area contributed by atoms with Crippen LogP contribution in [-0.2, 0) is 4.74 Å². The Morgan fingerprint density at radius 3 is 2.59 bits per heavy atom. The summed E-state index contributed by atoms with van der Waals surface area (Å²) in [7, 11) is 1.57. The zero-order valence-corrected chi connectivity index (χ0v) is 18.6. The number of methoxy groups -OCH3 is 1. The number of carbonyl (C=O) groups is 1. The van der Waals surface area contributed by atoms with Crippen molar-refractivity contribution >= 4 is 16.9 Å². The van der Waals surface area contributed by atoms with Crippen molar-refractivity contribution in [1.82, 2.24) is 4.90 Å². The summed E-state index contributed by atoms with van der Waals surface area (Å²) < 4.78 is 22.5. The highest BCUT2D eigenvalue weighted by atomic mass is 16.5. The molecule has 0 unspecified atom stereocenters. The van der Waals surface area contributed by atoms with Crippen molar-refractivity contribution in [3.63, 3.8) is 0 Å². The Morgan fingerprint density at radius 1 is 1.03 bits per heavy atom. The average Bonchev–Trinajstić information content (AvgIpc) is 3.09. The van der Waals surface area contributed by atoms with Gasteiger partial charge < -0.3 is 23.5 Å². The second-order valence-electron chi connectivity index (χ2n) is 7.47. The number of ether oxygens (including phenoxy) is 3. The number of carbonyl (C=O) groups excluding carboxylic acids is 1. The number of amides is 1. The second-order valence-corrected chi connectivity index (χ2v) is 7.47. The van der Waals surface area contributed by atoms with Gasteiger partial charge in [-0.2, -0.15) is 0 Å². The standard InChI is InChI=1S/C25H27NO6/c1-4-30-14-8-13-26-22(16-11-12-19(31-5-2)20(15-16)29-3)21-23(27)17-9-6-7-10-18(17)32-24(21)25(26)28/h6-7,9-12,15,22H,4-5,8,13-14H2,1-3H3/t22-/m1/s1. The molecule has 168 valence electrons. The van der Waals surface area contributed by atoms with E-state index in [-0.39, 0.29) is 17.1 Å². The molecule has 0 radical (unpaired) electrons. The zero-order valence-electron chi connectivity index (χ0n) is 18.6. The van der Waals surface area contributed by atoms with Crippen molar-refractivity contribution in [2.45, 2.75) is 26.3 Å². The monoisotopic (exact) mass is 437 g/mol. The predicted molar refractivity (Wildman–Crippen MR) is 121 cm³/mol. The quantitative estimate of drug-likeness (QED) is 0.468. The molecule has 0 bridgehead atoms. The van der Waals surface area contributed by atoms with E-state index in [1.54, 1.807) is 42.3 Å². The molecular formula is C25H27NO6. The molecule has 0 aliphatic carbocycles. The van der Waals surface area contributed by atoms with Gasteiger partial charge >= 0.3 is 0 Å². The number of rotatable bonds is 9. The molecule has 3 aromatic rings. The highest BCUT2D eigenvalue weighted by Gasteiger charge is 2.42. The molecule has 0 fully saturated rings. The fourth-order valence-corrected chi connectivity index (χ4v) is 4.15. The lowest BCUT2D eigenvalue weighted by Crippen LogP contribution is -2.31. The van der Waals surface area contributed by atoms with Crippen LogP contribution in [-0.4, -0.2) is 44.3 Å². The van der Waals surface area contributed by atoms with Crippen molar-refractivity contribution in [3.8, 4) is 11.5 Å². The minimum atomic E-state index is -0.579. The minimum absolute atomic E-state index is 0.1000. The van der Waals surface area contributed by atoms with Crippen molar-refractivity contribution in [1.29, 1.82) is 0 Å². The normalized spacial score (nSPS) is 15.3. The van der Waals surface area contributed by atoms with Gasteiger partial charge in [-0.3, -0.25) is 9.59 Å². The Labute approximate surface area is 186 Å².